The molecule has 2 amide bonds. The van der Waals surface area contributed by atoms with Crippen LogP contribution in [0.2, 0.25) is 0 Å². The van der Waals surface area contributed by atoms with Crippen molar-refractivity contribution in [3.8, 4) is 5.75 Å². The zero-order valence-corrected chi connectivity index (χ0v) is 14.1. The van der Waals surface area contributed by atoms with Crippen molar-refractivity contribution >= 4 is 17.8 Å². The average molecular weight is 391 g/mol. The van der Waals surface area contributed by atoms with E-state index in [1.165, 1.54) is 24.3 Å². The molecule has 2 aromatic carbocycles. The van der Waals surface area contributed by atoms with Gasteiger partial charge in [0.25, 0.3) is 11.8 Å². The summed E-state index contributed by atoms with van der Waals surface area (Å²) in [6.07, 6.45) is -4.48. The van der Waals surface area contributed by atoms with Gasteiger partial charge in [-0.25, -0.2) is 4.79 Å². The fourth-order valence-corrected chi connectivity index (χ4v) is 3.17. The Kier molecular flexibility index (Phi) is 4.10. The highest BCUT2D eigenvalue weighted by atomic mass is 19.4. The van der Waals surface area contributed by atoms with Crippen LogP contribution in [0.25, 0.3) is 0 Å². The Morgan fingerprint density at radius 1 is 1.00 bits per heavy atom. The van der Waals surface area contributed by atoms with Crippen LogP contribution in [0.4, 0.5) is 13.2 Å². The highest BCUT2D eigenvalue weighted by Gasteiger charge is 2.48. The van der Waals surface area contributed by atoms with Crippen molar-refractivity contribution in [1.82, 2.24) is 5.06 Å². The number of ether oxygens (including phenoxy) is 1. The average Bonchev–Trinajstić information content (AvgIpc) is 3.41. The number of hydrogen-bond donors (Lipinski definition) is 0. The fourth-order valence-electron chi connectivity index (χ4n) is 3.17. The van der Waals surface area contributed by atoms with Gasteiger partial charge in [-0.05, 0) is 42.2 Å². The summed E-state index contributed by atoms with van der Waals surface area (Å²) < 4.78 is 40.9. The zero-order valence-electron chi connectivity index (χ0n) is 14.1. The summed E-state index contributed by atoms with van der Waals surface area (Å²) in [7, 11) is 0. The van der Waals surface area contributed by atoms with Crippen molar-refractivity contribution in [2.24, 2.45) is 5.92 Å². The molecule has 0 aromatic heterocycles. The Bertz CT molecular complexity index is 953. The molecule has 9 heteroatoms. The van der Waals surface area contributed by atoms with E-state index >= 15 is 0 Å². The highest BCUT2D eigenvalue weighted by Crippen LogP contribution is 2.49. The van der Waals surface area contributed by atoms with Crippen molar-refractivity contribution in [3.63, 3.8) is 0 Å². The predicted molar refractivity (Wildman–Crippen MR) is 87.0 cm³/mol. The summed E-state index contributed by atoms with van der Waals surface area (Å²) in [6, 6.07) is 11.4. The Morgan fingerprint density at radius 2 is 1.64 bits per heavy atom. The molecular formula is C19H12F3NO5. The van der Waals surface area contributed by atoms with Crippen LogP contribution in [0.3, 0.4) is 0 Å². The number of amides is 2. The number of fused-ring (bicyclic) bond motifs is 1. The van der Waals surface area contributed by atoms with E-state index in [1.807, 2.05) is 0 Å². The minimum atomic E-state index is -4.81. The summed E-state index contributed by atoms with van der Waals surface area (Å²) in [5.41, 5.74) is 0.764. The summed E-state index contributed by atoms with van der Waals surface area (Å²) in [5.74, 6) is -3.67. The molecular weight excluding hydrogens is 379 g/mol. The normalized spacial score (nSPS) is 20.8. The van der Waals surface area contributed by atoms with Gasteiger partial charge in [0.1, 0.15) is 5.75 Å². The first-order valence-corrected chi connectivity index (χ1v) is 8.30. The quantitative estimate of drug-likeness (QED) is 0.747. The lowest BCUT2D eigenvalue weighted by Gasteiger charge is -2.13. The van der Waals surface area contributed by atoms with Gasteiger partial charge in [-0.1, -0.05) is 29.3 Å². The van der Waals surface area contributed by atoms with E-state index in [2.05, 4.69) is 4.74 Å². The Labute approximate surface area is 156 Å². The van der Waals surface area contributed by atoms with Crippen LogP contribution in [0, 0.1) is 5.92 Å². The van der Waals surface area contributed by atoms with E-state index in [4.69, 9.17) is 4.84 Å². The molecule has 0 saturated heterocycles. The van der Waals surface area contributed by atoms with Crippen LogP contribution in [0.15, 0.2) is 48.5 Å². The van der Waals surface area contributed by atoms with Gasteiger partial charge >= 0.3 is 12.3 Å². The third kappa shape index (κ3) is 3.30. The number of hydroxylamine groups is 2. The largest absolute Gasteiger partial charge is 0.573 e. The first-order valence-electron chi connectivity index (χ1n) is 8.30. The number of carbonyl (C=O) groups excluding carboxylic acids is 3. The second kappa shape index (κ2) is 6.36. The van der Waals surface area contributed by atoms with Gasteiger partial charge < -0.3 is 9.57 Å². The molecule has 4 rings (SSSR count). The fraction of sp³-hybridized carbons (Fsp3) is 0.211. The van der Waals surface area contributed by atoms with Crippen molar-refractivity contribution in [2.45, 2.75) is 18.7 Å². The Morgan fingerprint density at radius 3 is 2.25 bits per heavy atom. The number of halogens is 3. The van der Waals surface area contributed by atoms with Crippen molar-refractivity contribution in [2.75, 3.05) is 0 Å². The van der Waals surface area contributed by atoms with Gasteiger partial charge in [-0.15, -0.1) is 13.2 Å². The summed E-state index contributed by atoms with van der Waals surface area (Å²) >= 11 is 0. The van der Waals surface area contributed by atoms with Gasteiger partial charge in [0.05, 0.1) is 17.0 Å². The second-order valence-corrected chi connectivity index (χ2v) is 6.43. The molecule has 1 saturated carbocycles. The van der Waals surface area contributed by atoms with Crippen LogP contribution < -0.4 is 4.74 Å². The molecule has 1 fully saturated rings. The number of imide groups is 1. The molecule has 1 heterocycles. The van der Waals surface area contributed by atoms with Gasteiger partial charge in [0.15, 0.2) is 0 Å². The number of carbonyl (C=O) groups is 3. The monoisotopic (exact) mass is 391 g/mol. The molecule has 1 aliphatic heterocycles. The van der Waals surface area contributed by atoms with Gasteiger partial charge in [0, 0.05) is 0 Å². The SMILES string of the molecule is O=C(ON1C(=O)c2ccccc2C1=O)[C@H]1CC1c1cccc(OC(F)(F)F)c1. The summed E-state index contributed by atoms with van der Waals surface area (Å²) in [6.45, 7) is 0. The predicted octanol–water partition coefficient (Wildman–Crippen LogP) is 3.44. The maximum absolute atomic E-state index is 12.3. The number of rotatable bonds is 4. The lowest BCUT2D eigenvalue weighted by atomic mass is 10.1. The highest BCUT2D eigenvalue weighted by molar-refractivity contribution is 6.20. The minimum absolute atomic E-state index is 0.143. The van der Waals surface area contributed by atoms with E-state index in [9.17, 15) is 27.6 Å². The van der Waals surface area contributed by atoms with Crippen LogP contribution >= 0.6 is 0 Å². The third-order valence-electron chi connectivity index (χ3n) is 4.55. The standard InChI is InChI=1S/C19H12F3NO5/c20-19(21,22)27-11-5-3-4-10(8-11)14-9-15(14)18(26)28-23-16(24)12-6-1-2-7-13(12)17(23)25/h1-8,14-15H,9H2/t14?,15-/m0/s1. The van der Waals surface area contributed by atoms with Crippen molar-refractivity contribution in [3.05, 3.63) is 65.2 Å². The molecule has 6 nitrogen and oxygen atoms in total. The molecule has 2 aliphatic rings. The second-order valence-electron chi connectivity index (χ2n) is 6.43. The van der Waals surface area contributed by atoms with E-state index in [-0.39, 0.29) is 22.8 Å². The first kappa shape index (κ1) is 18.0. The van der Waals surface area contributed by atoms with Crippen LogP contribution in [-0.4, -0.2) is 29.2 Å². The molecule has 0 bridgehead atoms. The smallest absolute Gasteiger partial charge is 0.406 e. The lowest BCUT2D eigenvalue weighted by molar-refractivity contribution is -0.274. The van der Waals surface area contributed by atoms with Gasteiger partial charge in [-0.3, -0.25) is 9.59 Å². The third-order valence-corrected chi connectivity index (χ3v) is 4.55. The van der Waals surface area contributed by atoms with Crippen LogP contribution in [-0.2, 0) is 9.63 Å². The molecule has 2 aromatic rings. The Balaban J connectivity index is 1.43. The molecule has 0 N–H and O–H groups in total. The van der Waals surface area contributed by atoms with Crippen LogP contribution in [0.1, 0.15) is 38.6 Å². The van der Waals surface area contributed by atoms with Crippen molar-refractivity contribution in [1.29, 1.82) is 0 Å². The van der Waals surface area contributed by atoms with E-state index in [0.717, 1.165) is 6.07 Å². The zero-order chi connectivity index (χ0) is 20.1. The van der Waals surface area contributed by atoms with Crippen molar-refractivity contribution < 1.29 is 37.1 Å². The molecule has 0 radical (unpaired) electrons. The van der Waals surface area contributed by atoms with E-state index in [1.54, 1.807) is 18.2 Å². The van der Waals surface area contributed by atoms with Crippen LogP contribution in [0.5, 0.6) is 5.75 Å². The number of hydrogen-bond acceptors (Lipinski definition) is 5. The maximum Gasteiger partial charge on any atom is 0.573 e. The maximum atomic E-state index is 12.3. The number of nitrogens with zero attached hydrogens (tertiary/aromatic N) is 1. The number of alkyl halides is 3. The molecule has 1 aliphatic carbocycles. The van der Waals surface area contributed by atoms with E-state index in [0.29, 0.717) is 17.0 Å². The number of benzene rings is 2. The minimum Gasteiger partial charge on any atom is -0.406 e. The van der Waals surface area contributed by atoms with Gasteiger partial charge in [0.2, 0.25) is 0 Å². The topological polar surface area (TPSA) is 72.9 Å². The summed E-state index contributed by atoms with van der Waals surface area (Å²) in [5, 5.41) is 0.422. The molecule has 1 unspecified atom stereocenters. The van der Waals surface area contributed by atoms with E-state index < -0.39 is 30.1 Å². The molecule has 144 valence electrons. The lowest BCUT2D eigenvalue weighted by Crippen LogP contribution is -2.33. The Hall–Kier alpha value is -3.36. The molecule has 28 heavy (non-hydrogen) atoms. The first-order chi connectivity index (χ1) is 13.2. The summed E-state index contributed by atoms with van der Waals surface area (Å²) in [4.78, 5) is 41.7. The molecule has 2 atom stereocenters. The molecule has 0 spiro atoms. The van der Waals surface area contributed by atoms with Gasteiger partial charge in [-0.2, -0.15) is 0 Å².